The number of hydrogen-bond donors (Lipinski definition) is 0. The molecule has 2 heteroatoms. The maximum Gasteiger partial charge on any atom is 0.199 e. The van der Waals surface area contributed by atoms with Crippen LogP contribution < -0.4 is 0 Å². The fourth-order valence-electron chi connectivity index (χ4n) is 0.873. The van der Waals surface area contributed by atoms with Gasteiger partial charge >= 0.3 is 0 Å². The first-order valence-corrected chi connectivity index (χ1v) is 4.54. The predicted molar refractivity (Wildman–Crippen MR) is 53.9 cm³/mol. The summed E-state index contributed by atoms with van der Waals surface area (Å²) in [5, 5.41) is 0. The van der Waals surface area contributed by atoms with Crippen LogP contribution >= 0.6 is 22.6 Å². The molecule has 58 valence electrons. The van der Waals surface area contributed by atoms with Gasteiger partial charge in [-0.1, -0.05) is 37.3 Å². The summed E-state index contributed by atoms with van der Waals surface area (Å²) >= 11 is 1.83. The van der Waals surface area contributed by atoms with Crippen LogP contribution in [-0.4, -0.2) is 3.79 Å². The molecule has 0 saturated heterocycles. The van der Waals surface area contributed by atoms with Gasteiger partial charge < -0.3 is 0 Å². The molecular formula is C9H9IO. The van der Waals surface area contributed by atoms with Crippen LogP contribution in [0.1, 0.15) is 18.4 Å². The van der Waals surface area contributed by atoms with E-state index in [1.165, 1.54) is 0 Å². The Hall–Kier alpha value is -0.380. The molecule has 1 rings (SSSR count). The third-order valence-corrected chi connectivity index (χ3v) is 2.57. The van der Waals surface area contributed by atoms with Crippen molar-refractivity contribution in [3.63, 3.8) is 0 Å². The SMILES string of the molecule is C[C@H](C(=O)I)c1ccccc1. The van der Waals surface area contributed by atoms with Crippen molar-refractivity contribution in [2.24, 2.45) is 0 Å². The van der Waals surface area contributed by atoms with Crippen molar-refractivity contribution in [3.8, 4) is 0 Å². The van der Waals surface area contributed by atoms with E-state index in [2.05, 4.69) is 0 Å². The average molecular weight is 260 g/mol. The lowest BCUT2D eigenvalue weighted by atomic mass is 10.0. The Labute approximate surface area is 79.9 Å². The van der Waals surface area contributed by atoms with Crippen molar-refractivity contribution in [1.29, 1.82) is 0 Å². The van der Waals surface area contributed by atoms with Gasteiger partial charge in [0.25, 0.3) is 0 Å². The lowest BCUT2D eigenvalue weighted by molar-refractivity contribution is -0.110. The first kappa shape index (κ1) is 8.71. The molecule has 11 heavy (non-hydrogen) atoms. The Morgan fingerprint density at radius 1 is 1.36 bits per heavy atom. The number of halogens is 1. The second-order valence-electron chi connectivity index (χ2n) is 2.44. The highest BCUT2D eigenvalue weighted by atomic mass is 127. The monoisotopic (exact) mass is 260 g/mol. The summed E-state index contributed by atoms with van der Waals surface area (Å²) < 4.78 is 0.189. The van der Waals surface area contributed by atoms with E-state index in [-0.39, 0.29) is 9.71 Å². The highest BCUT2D eigenvalue weighted by Gasteiger charge is 2.09. The van der Waals surface area contributed by atoms with Gasteiger partial charge in [0.05, 0.1) is 0 Å². The minimum atomic E-state index is 0.0248. The van der Waals surface area contributed by atoms with Crippen LogP contribution in [0.2, 0.25) is 0 Å². The molecule has 1 aromatic rings. The van der Waals surface area contributed by atoms with Crippen molar-refractivity contribution < 1.29 is 4.79 Å². The van der Waals surface area contributed by atoms with Gasteiger partial charge in [-0.15, -0.1) is 0 Å². The van der Waals surface area contributed by atoms with Gasteiger partial charge in [-0.3, -0.25) is 4.79 Å². The molecule has 0 aliphatic heterocycles. The maximum atomic E-state index is 10.9. The van der Waals surface area contributed by atoms with Crippen molar-refractivity contribution in [1.82, 2.24) is 0 Å². The normalized spacial score (nSPS) is 12.5. The molecule has 0 N–H and O–H groups in total. The lowest BCUT2D eigenvalue weighted by Gasteiger charge is -2.04. The number of rotatable bonds is 2. The molecule has 0 aliphatic rings. The van der Waals surface area contributed by atoms with Gasteiger partial charge in [-0.2, -0.15) is 0 Å². The summed E-state index contributed by atoms with van der Waals surface area (Å²) in [5.74, 6) is 0.0248. The second kappa shape index (κ2) is 3.85. The highest BCUT2D eigenvalue weighted by molar-refractivity contribution is 14.1. The quantitative estimate of drug-likeness (QED) is 0.590. The van der Waals surface area contributed by atoms with Crippen LogP contribution in [0.3, 0.4) is 0 Å². The molecule has 0 unspecified atom stereocenters. The minimum absolute atomic E-state index is 0.0248. The fraction of sp³-hybridized carbons (Fsp3) is 0.222. The van der Waals surface area contributed by atoms with Crippen LogP contribution in [0.25, 0.3) is 0 Å². The molecule has 0 spiro atoms. The molecule has 0 fully saturated rings. The van der Waals surface area contributed by atoms with E-state index in [1.54, 1.807) is 0 Å². The summed E-state index contributed by atoms with van der Waals surface area (Å²) in [6, 6.07) is 9.80. The van der Waals surface area contributed by atoms with E-state index in [9.17, 15) is 4.79 Å². The smallest absolute Gasteiger partial charge is 0.199 e. The van der Waals surface area contributed by atoms with Crippen LogP contribution in [0.5, 0.6) is 0 Å². The number of carbonyl (C=O) groups is 1. The minimum Gasteiger partial charge on any atom is -0.287 e. The maximum absolute atomic E-state index is 10.9. The molecule has 0 bridgehead atoms. The van der Waals surface area contributed by atoms with E-state index in [0.717, 1.165) is 5.56 Å². The third kappa shape index (κ3) is 2.29. The van der Waals surface area contributed by atoms with Crippen molar-refractivity contribution in [2.75, 3.05) is 0 Å². The number of hydrogen-bond acceptors (Lipinski definition) is 1. The largest absolute Gasteiger partial charge is 0.287 e. The summed E-state index contributed by atoms with van der Waals surface area (Å²) in [6.07, 6.45) is 0. The van der Waals surface area contributed by atoms with Gasteiger partial charge in [0, 0.05) is 28.5 Å². The molecular weight excluding hydrogens is 251 g/mol. The topological polar surface area (TPSA) is 17.1 Å². The molecule has 0 saturated carbocycles. The van der Waals surface area contributed by atoms with Gasteiger partial charge in [0.15, 0.2) is 3.79 Å². The Morgan fingerprint density at radius 3 is 2.36 bits per heavy atom. The summed E-state index contributed by atoms with van der Waals surface area (Å²) in [4.78, 5) is 10.9. The molecule has 1 aromatic carbocycles. The highest BCUT2D eigenvalue weighted by Crippen LogP contribution is 2.17. The first-order valence-electron chi connectivity index (χ1n) is 3.46. The summed E-state index contributed by atoms with van der Waals surface area (Å²) in [7, 11) is 0. The van der Waals surface area contributed by atoms with E-state index in [0.29, 0.717) is 0 Å². The number of carbonyl (C=O) groups excluding carboxylic acids is 1. The van der Waals surface area contributed by atoms with Crippen molar-refractivity contribution in [2.45, 2.75) is 12.8 Å². The molecule has 0 radical (unpaired) electrons. The van der Waals surface area contributed by atoms with E-state index >= 15 is 0 Å². The average Bonchev–Trinajstić information content (AvgIpc) is 2.05. The second-order valence-corrected chi connectivity index (χ2v) is 3.50. The molecule has 1 atom stereocenters. The first-order chi connectivity index (χ1) is 5.22. The van der Waals surface area contributed by atoms with Gasteiger partial charge in [-0.25, -0.2) is 0 Å². The standard InChI is InChI=1S/C9H9IO/c1-7(9(10)11)8-5-3-2-4-6-8/h2-7H,1H3/t7-/m0/s1. The van der Waals surface area contributed by atoms with Crippen molar-refractivity contribution in [3.05, 3.63) is 35.9 Å². The van der Waals surface area contributed by atoms with Gasteiger partial charge in [-0.05, 0) is 5.56 Å². The molecule has 0 aliphatic carbocycles. The summed E-state index contributed by atoms with van der Waals surface area (Å²) in [6.45, 7) is 1.92. The van der Waals surface area contributed by atoms with Gasteiger partial charge in [0.2, 0.25) is 0 Å². The van der Waals surface area contributed by atoms with Crippen LogP contribution in [-0.2, 0) is 4.79 Å². The predicted octanol–water partition coefficient (Wildman–Crippen LogP) is 2.75. The molecule has 1 nitrogen and oxygen atoms in total. The third-order valence-electron chi connectivity index (χ3n) is 1.64. The van der Waals surface area contributed by atoms with E-state index in [4.69, 9.17) is 0 Å². The zero-order valence-corrected chi connectivity index (χ0v) is 8.41. The van der Waals surface area contributed by atoms with E-state index < -0.39 is 0 Å². The molecule has 0 aromatic heterocycles. The fourth-order valence-corrected chi connectivity index (χ4v) is 1.23. The van der Waals surface area contributed by atoms with Crippen LogP contribution in [0, 0.1) is 0 Å². The molecule has 0 amide bonds. The van der Waals surface area contributed by atoms with Gasteiger partial charge in [0.1, 0.15) is 0 Å². The van der Waals surface area contributed by atoms with E-state index in [1.807, 2.05) is 59.8 Å². The Morgan fingerprint density at radius 2 is 1.91 bits per heavy atom. The molecule has 0 heterocycles. The lowest BCUT2D eigenvalue weighted by Crippen LogP contribution is -1.99. The van der Waals surface area contributed by atoms with Crippen molar-refractivity contribution >= 4 is 26.4 Å². The number of benzene rings is 1. The Bertz CT molecular complexity index is 243. The van der Waals surface area contributed by atoms with Crippen LogP contribution in [0.15, 0.2) is 30.3 Å². The zero-order valence-electron chi connectivity index (χ0n) is 6.25. The summed E-state index contributed by atoms with van der Waals surface area (Å²) in [5.41, 5.74) is 1.09. The Kier molecular flexibility index (Phi) is 3.05. The van der Waals surface area contributed by atoms with Crippen LogP contribution in [0.4, 0.5) is 0 Å². The zero-order chi connectivity index (χ0) is 8.27. The Balaban J connectivity index is 2.85.